The van der Waals surface area contributed by atoms with Crippen LogP contribution in [0.15, 0.2) is 118 Å². The molecule has 4 aromatic heterocycles. The second-order valence-corrected chi connectivity index (χ2v) is 11.2. The summed E-state index contributed by atoms with van der Waals surface area (Å²) in [6.07, 6.45) is 9.43. The molecule has 0 saturated heterocycles. The topological polar surface area (TPSA) is 200 Å². The van der Waals surface area contributed by atoms with Gasteiger partial charge in [0, 0.05) is 24.8 Å². The van der Waals surface area contributed by atoms with E-state index in [0.29, 0.717) is 58.0 Å². The fourth-order valence-electron chi connectivity index (χ4n) is 4.57. The zero-order chi connectivity index (χ0) is 36.7. The summed E-state index contributed by atoms with van der Waals surface area (Å²) >= 11 is 0. The van der Waals surface area contributed by atoms with Crippen LogP contribution in [0.2, 0.25) is 0 Å². The Balaban J connectivity index is 0.000000232. The molecule has 0 unspecified atom stereocenters. The molecule has 0 aliphatic carbocycles. The summed E-state index contributed by atoms with van der Waals surface area (Å²) in [7, 11) is 0. The summed E-state index contributed by atoms with van der Waals surface area (Å²) < 4.78 is 10.3. The van der Waals surface area contributed by atoms with Crippen LogP contribution in [0.3, 0.4) is 0 Å². The van der Waals surface area contributed by atoms with E-state index >= 15 is 0 Å². The number of ether oxygens (including phenoxy) is 2. The molecule has 0 bridgehead atoms. The summed E-state index contributed by atoms with van der Waals surface area (Å²) in [6, 6.07) is 19.4. The van der Waals surface area contributed by atoms with Crippen LogP contribution in [0.5, 0.6) is 11.5 Å². The van der Waals surface area contributed by atoms with Gasteiger partial charge in [-0.2, -0.15) is 0 Å². The second kappa shape index (κ2) is 20.0. The number of fused-ring (bicyclic) bond motifs is 2. The third-order valence-corrected chi connectivity index (χ3v) is 7.33. The molecule has 14 nitrogen and oxygen atoms in total. The van der Waals surface area contributed by atoms with Gasteiger partial charge in [0.15, 0.2) is 11.6 Å². The predicted octanol–water partition coefficient (Wildman–Crippen LogP) is 8.15. The van der Waals surface area contributed by atoms with Crippen molar-refractivity contribution in [1.82, 2.24) is 19.9 Å². The molecule has 6 rings (SSSR count). The van der Waals surface area contributed by atoms with Crippen LogP contribution in [0.25, 0.3) is 21.8 Å². The minimum Gasteiger partial charge on any atom is -0.872 e. The molecule has 0 radical (unpaired) electrons. The number of benzene rings is 2. The molecule has 4 heterocycles. The zero-order valence-corrected chi connectivity index (χ0v) is 29.8. The van der Waals surface area contributed by atoms with Gasteiger partial charge < -0.3 is 19.7 Å². The molecule has 0 N–H and O–H groups in total. The van der Waals surface area contributed by atoms with E-state index in [4.69, 9.17) is 9.47 Å². The monoisotopic (exact) mass is 756 g/mol. The van der Waals surface area contributed by atoms with Gasteiger partial charge in [0.05, 0.1) is 35.4 Å². The van der Waals surface area contributed by atoms with E-state index in [1.807, 2.05) is 13.8 Å². The molecule has 2 aromatic carbocycles. The van der Waals surface area contributed by atoms with Gasteiger partial charge in [-0.25, -0.2) is 19.6 Å². The number of azo groups is 2. The molecule has 0 fully saturated rings. The molecule has 6 aromatic rings. The number of pyridine rings is 4. The number of carbonyl (C=O) groups excluding carboxylic acids is 2. The number of esters is 2. The van der Waals surface area contributed by atoms with Crippen LogP contribution in [-0.4, -0.2) is 45.1 Å². The fraction of sp³-hybridized carbons (Fsp3) is 0.211. The normalized spacial score (nSPS) is 10.9. The van der Waals surface area contributed by atoms with Crippen molar-refractivity contribution in [3.63, 3.8) is 0 Å². The first kappa shape index (κ1) is 39.6. The van der Waals surface area contributed by atoms with Crippen molar-refractivity contribution in [3.8, 4) is 11.5 Å². The van der Waals surface area contributed by atoms with Crippen LogP contribution >= 0.6 is 0 Å². The third-order valence-electron chi connectivity index (χ3n) is 7.33. The Morgan fingerprint density at radius 2 is 1.04 bits per heavy atom. The van der Waals surface area contributed by atoms with Crippen LogP contribution in [0.1, 0.15) is 60.2 Å². The number of hydrogen-bond donors (Lipinski definition) is 0. The van der Waals surface area contributed by atoms with Gasteiger partial charge in [-0.15, -0.1) is 20.5 Å². The number of carbonyl (C=O) groups is 2. The Kier molecular flexibility index (Phi) is 14.9. The van der Waals surface area contributed by atoms with Crippen molar-refractivity contribution in [2.75, 3.05) is 13.2 Å². The number of rotatable bonds is 12. The number of aromatic nitrogens is 4. The van der Waals surface area contributed by atoms with Gasteiger partial charge >= 0.3 is 28.4 Å². The van der Waals surface area contributed by atoms with Crippen molar-refractivity contribution in [1.29, 1.82) is 0 Å². The van der Waals surface area contributed by atoms with Crippen LogP contribution in [0, 0.1) is 0 Å². The van der Waals surface area contributed by atoms with Crippen LogP contribution < -0.4 is 10.2 Å². The summed E-state index contributed by atoms with van der Waals surface area (Å²) in [5.41, 5.74) is 2.09. The van der Waals surface area contributed by atoms with E-state index in [2.05, 4.69) is 40.4 Å². The second-order valence-electron chi connectivity index (χ2n) is 11.2. The van der Waals surface area contributed by atoms with Gasteiger partial charge in [0.25, 0.3) is 0 Å². The molecule has 0 spiro atoms. The summed E-state index contributed by atoms with van der Waals surface area (Å²) in [4.78, 5) is 40.7. The first-order valence-electron chi connectivity index (χ1n) is 16.6. The van der Waals surface area contributed by atoms with E-state index in [1.165, 1.54) is 36.7 Å². The fourth-order valence-corrected chi connectivity index (χ4v) is 4.57. The molecule has 272 valence electrons. The Hall–Kier alpha value is -6.21. The van der Waals surface area contributed by atoms with Crippen molar-refractivity contribution < 1.29 is 45.8 Å². The van der Waals surface area contributed by atoms with Crippen LogP contribution in [0.4, 0.5) is 23.0 Å². The van der Waals surface area contributed by atoms with Crippen molar-refractivity contribution in [2.45, 2.75) is 39.5 Å². The van der Waals surface area contributed by atoms with Gasteiger partial charge in [-0.1, -0.05) is 62.5 Å². The van der Waals surface area contributed by atoms with Gasteiger partial charge in [-0.05, 0) is 72.1 Å². The number of unbranched alkanes of at least 4 members (excludes halogenated alkanes) is 2. The molecule has 15 heteroatoms. The smallest absolute Gasteiger partial charge is 0.872 e. The first-order chi connectivity index (χ1) is 25.4. The van der Waals surface area contributed by atoms with E-state index in [9.17, 15) is 19.8 Å². The maximum absolute atomic E-state index is 12.2. The Bertz CT molecular complexity index is 2050. The van der Waals surface area contributed by atoms with Crippen molar-refractivity contribution in [2.24, 2.45) is 20.5 Å². The third kappa shape index (κ3) is 10.9. The molecule has 0 saturated carbocycles. The van der Waals surface area contributed by atoms with Gasteiger partial charge in [0.1, 0.15) is 11.4 Å². The standard InChI is InChI=1S/2C19H18N4O3.Ni/c2*1-2-3-10-26-19(25)13-11-14-16(24)8-7-15(18(14)21-12-13)22-23-17-6-4-5-9-20-17;/h2*4-9,11-12,24H,2-3,10H2,1H3;/q;;+2/p-2. The minimum absolute atomic E-state index is 0. The summed E-state index contributed by atoms with van der Waals surface area (Å²) in [6.45, 7) is 4.71. The summed E-state index contributed by atoms with van der Waals surface area (Å²) in [5.74, 6) is -0.577. The SMILES string of the molecule is CCCCOC(=O)c1cnc2c(N=Nc3ccccn3)ccc([O-])c2c1.CCCCOC(=O)c1cnc2c(N=Nc3ccccn3)ccc([O-])c2c1.[Ni+2]. The average Bonchev–Trinajstić information content (AvgIpc) is 3.18. The number of hydrogen-bond acceptors (Lipinski definition) is 14. The van der Waals surface area contributed by atoms with Gasteiger partial charge in [0.2, 0.25) is 0 Å². The Labute approximate surface area is 315 Å². The largest absolute Gasteiger partial charge is 2.00 e. The maximum Gasteiger partial charge on any atom is 2.00 e. The number of nitrogens with zero attached hydrogens (tertiary/aromatic N) is 8. The summed E-state index contributed by atoms with van der Waals surface area (Å²) in [5, 5.41) is 41.3. The van der Waals surface area contributed by atoms with E-state index < -0.39 is 11.9 Å². The predicted molar refractivity (Wildman–Crippen MR) is 190 cm³/mol. The maximum atomic E-state index is 12.2. The van der Waals surface area contributed by atoms with E-state index in [-0.39, 0.29) is 39.1 Å². The Morgan fingerprint density at radius 1 is 0.604 bits per heavy atom. The van der Waals surface area contributed by atoms with Crippen molar-refractivity contribution in [3.05, 3.63) is 109 Å². The average molecular weight is 757 g/mol. The van der Waals surface area contributed by atoms with Gasteiger partial charge in [-0.3, -0.25) is 9.97 Å². The van der Waals surface area contributed by atoms with E-state index in [1.54, 1.807) is 60.9 Å². The van der Waals surface area contributed by atoms with Crippen molar-refractivity contribution >= 4 is 56.8 Å². The quantitative estimate of drug-likeness (QED) is 0.0508. The van der Waals surface area contributed by atoms with Crippen LogP contribution in [-0.2, 0) is 26.0 Å². The molecular weight excluding hydrogens is 723 g/mol. The molecule has 0 atom stereocenters. The van der Waals surface area contributed by atoms with E-state index in [0.717, 1.165) is 25.7 Å². The molecule has 0 aliphatic heterocycles. The molecule has 0 amide bonds. The first-order valence-corrected chi connectivity index (χ1v) is 16.6. The molecule has 0 aliphatic rings. The molecule has 53 heavy (non-hydrogen) atoms. The molecular formula is C38H34N8NiO6. The zero-order valence-electron chi connectivity index (χ0n) is 28.8. The Morgan fingerprint density at radius 3 is 1.42 bits per heavy atom. The minimum atomic E-state index is -0.493.